The Morgan fingerprint density at radius 2 is 1.87 bits per heavy atom. The number of nitrogens with zero attached hydrogens (tertiary/aromatic N) is 2. The molecule has 4 aliphatic heterocycles. The molecule has 0 aromatic heterocycles. The first kappa shape index (κ1) is 19.8. The highest BCUT2D eigenvalue weighted by molar-refractivity contribution is 5.90. The molecule has 12 heteroatoms. The van der Waals surface area contributed by atoms with Crippen molar-refractivity contribution in [1.82, 2.24) is 10.6 Å². The zero-order chi connectivity index (χ0) is 21.7. The molecule has 31 heavy (non-hydrogen) atoms. The van der Waals surface area contributed by atoms with E-state index in [9.17, 15) is 23.2 Å². The summed E-state index contributed by atoms with van der Waals surface area (Å²) in [5, 5.41) is 5.29. The van der Waals surface area contributed by atoms with Gasteiger partial charge in [0.1, 0.15) is 17.9 Å². The van der Waals surface area contributed by atoms with E-state index in [0.29, 0.717) is 13.2 Å². The summed E-state index contributed by atoms with van der Waals surface area (Å²) in [6.45, 7) is 1.25. The van der Waals surface area contributed by atoms with Gasteiger partial charge in [-0.1, -0.05) is 0 Å². The summed E-state index contributed by atoms with van der Waals surface area (Å²) in [4.78, 5) is 37.9. The van der Waals surface area contributed by atoms with Crippen molar-refractivity contribution < 1.29 is 37.4 Å². The van der Waals surface area contributed by atoms with Crippen LogP contribution in [0.15, 0.2) is 12.1 Å². The van der Waals surface area contributed by atoms with Gasteiger partial charge in [-0.05, 0) is 0 Å². The van der Waals surface area contributed by atoms with Crippen molar-refractivity contribution in [3.63, 3.8) is 0 Å². The number of amides is 3. The third-order valence-corrected chi connectivity index (χ3v) is 5.84. The van der Waals surface area contributed by atoms with E-state index in [1.807, 2.05) is 0 Å². The summed E-state index contributed by atoms with van der Waals surface area (Å²) in [5.74, 6) is -2.06. The number of rotatable bonds is 5. The molecule has 2 unspecified atom stereocenters. The molecule has 0 bridgehead atoms. The standard InChI is InChI=1S/C19H20F2N4O6/c20-12-1-10(2-13(21)16(12)24-5-14-15(6-24)31-18(27)23-14)25-4-11(30-19(25)28)3-22-17(26)9-7-29-8-9/h1-2,9,11,14-15H,3-8H2,(H,22,26)(H,23,27)/t11-,14?,15?/m0/s1. The number of halogens is 2. The van der Waals surface area contributed by atoms with Crippen LogP contribution >= 0.6 is 0 Å². The Bertz CT molecular complexity index is 903. The van der Waals surface area contributed by atoms with Gasteiger partial charge in [0.05, 0.1) is 50.5 Å². The lowest BCUT2D eigenvalue weighted by molar-refractivity contribution is -0.139. The van der Waals surface area contributed by atoms with E-state index in [0.717, 1.165) is 17.0 Å². The molecule has 3 atom stereocenters. The predicted octanol–water partition coefficient (Wildman–Crippen LogP) is 0.350. The fraction of sp³-hybridized carbons (Fsp3) is 0.526. The molecule has 3 amide bonds. The van der Waals surface area contributed by atoms with Crippen molar-refractivity contribution in [2.75, 3.05) is 49.2 Å². The molecule has 10 nitrogen and oxygen atoms in total. The predicted molar refractivity (Wildman–Crippen MR) is 101 cm³/mol. The maximum Gasteiger partial charge on any atom is 0.414 e. The number of hydrogen-bond acceptors (Lipinski definition) is 7. The molecule has 1 aromatic carbocycles. The normalized spacial score (nSPS) is 27.5. The first-order valence-electron chi connectivity index (χ1n) is 9.94. The minimum Gasteiger partial charge on any atom is -0.442 e. The van der Waals surface area contributed by atoms with Gasteiger partial charge in [0.15, 0.2) is 11.6 Å². The minimum absolute atomic E-state index is 0.0221. The van der Waals surface area contributed by atoms with E-state index < -0.39 is 36.0 Å². The van der Waals surface area contributed by atoms with E-state index in [2.05, 4.69) is 10.6 Å². The Morgan fingerprint density at radius 1 is 1.13 bits per heavy atom. The highest BCUT2D eigenvalue weighted by Gasteiger charge is 2.43. The van der Waals surface area contributed by atoms with Gasteiger partial charge in [-0.3, -0.25) is 9.69 Å². The summed E-state index contributed by atoms with van der Waals surface area (Å²) in [5.41, 5.74) is -0.219. The number of hydrogen-bond donors (Lipinski definition) is 2. The van der Waals surface area contributed by atoms with Crippen LogP contribution in [-0.4, -0.2) is 75.7 Å². The molecule has 166 valence electrons. The van der Waals surface area contributed by atoms with Gasteiger partial charge < -0.3 is 29.7 Å². The van der Waals surface area contributed by atoms with Crippen LogP contribution in [-0.2, 0) is 19.0 Å². The summed E-state index contributed by atoms with van der Waals surface area (Å²) in [7, 11) is 0. The summed E-state index contributed by atoms with van der Waals surface area (Å²) in [6.07, 6.45) is -2.39. The van der Waals surface area contributed by atoms with Gasteiger partial charge in [0, 0.05) is 18.7 Å². The van der Waals surface area contributed by atoms with E-state index in [4.69, 9.17) is 14.2 Å². The fourth-order valence-electron chi connectivity index (χ4n) is 4.13. The van der Waals surface area contributed by atoms with Crippen LogP contribution in [0.3, 0.4) is 0 Å². The average Bonchev–Trinajstić information content (AvgIpc) is 3.30. The molecule has 4 heterocycles. The molecule has 2 N–H and O–H groups in total. The van der Waals surface area contributed by atoms with Gasteiger partial charge in [-0.25, -0.2) is 18.4 Å². The van der Waals surface area contributed by atoms with E-state index >= 15 is 0 Å². The third kappa shape index (κ3) is 3.60. The number of carbonyl (C=O) groups is 3. The zero-order valence-electron chi connectivity index (χ0n) is 16.3. The first-order valence-corrected chi connectivity index (χ1v) is 9.94. The van der Waals surface area contributed by atoms with E-state index in [1.54, 1.807) is 0 Å². The van der Waals surface area contributed by atoms with Gasteiger partial charge in [-0.15, -0.1) is 0 Å². The number of fused-ring (bicyclic) bond motifs is 1. The number of cyclic esters (lactones) is 1. The molecule has 1 aromatic rings. The molecule has 0 aliphatic carbocycles. The van der Waals surface area contributed by atoms with Gasteiger partial charge >= 0.3 is 12.2 Å². The SMILES string of the molecule is O=C1NC2CN(c3c(F)cc(N4C[C@H](CNC(=O)C5COC5)OC4=O)cc3F)CC2O1. The fourth-order valence-corrected chi connectivity index (χ4v) is 4.13. The second kappa shape index (κ2) is 7.52. The van der Waals surface area contributed by atoms with Crippen LogP contribution in [0.2, 0.25) is 0 Å². The average molecular weight is 438 g/mol. The van der Waals surface area contributed by atoms with Crippen molar-refractivity contribution in [2.45, 2.75) is 18.2 Å². The summed E-state index contributed by atoms with van der Waals surface area (Å²) >= 11 is 0. The molecule has 0 spiro atoms. The highest BCUT2D eigenvalue weighted by atomic mass is 19.1. The number of carbonyl (C=O) groups excluding carboxylic acids is 3. The Balaban J connectivity index is 1.25. The maximum atomic E-state index is 14.8. The molecule has 0 radical (unpaired) electrons. The Kier molecular flexibility index (Phi) is 4.80. The number of ether oxygens (including phenoxy) is 3. The third-order valence-electron chi connectivity index (χ3n) is 5.84. The van der Waals surface area contributed by atoms with Crippen LogP contribution < -0.4 is 20.4 Å². The summed E-state index contributed by atoms with van der Waals surface area (Å²) < 4.78 is 44.9. The topological polar surface area (TPSA) is 109 Å². The molecule has 5 rings (SSSR count). The maximum absolute atomic E-state index is 14.8. The number of nitrogens with one attached hydrogen (secondary N) is 2. The Morgan fingerprint density at radius 3 is 2.52 bits per heavy atom. The van der Waals surface area contributed by atoms with Crippen molar-refractivity contribution in [3.05, 3.63) is 23.8 Å². The lowest BCUT2D eigenvalue weighted by atomic mass is 10.1. The van der Waals surface area contributed by atoms with Crippen LogP contribution in [0.4, 0.5) is 29.7 Å². The van der Waals surface area contributed by atoms with Crippen molar-refractivity contribution in [1.29, 1.82) is 0 Å². The smallest absolute Gasteiger partial charge is 0.414 e. The van der Waals surface area contributed by atoms with Crippen molar-refractivity contribution in [2.24, 2.45) is 5.92 Å². The minimum atomic E-state index is -0.837. The second-order valence-corrected chi connectivity index (χ2v) is 7.95. The molecular formula is C19H20F2N4O6. The quantitative estimate of drug-likeness (QED) is 0.683. The number of alkyl carbamates (subject to hydrolysis) is 1. The second-order valence-electron chi connectivity index (χ2n) is 7.95. The van der Waals surface area contributed by atoms with Crippen LogP contribution in [0.1, 0.15) is 0 Å². The highest BCUT2D eigenvalue weighted by Crippen LogP contribution is 2.34. The summed E-state index contributed by atoms with van der Waals surface area (Å²) in [6, 6.07) is 1.81. The first-order chi connectivity index (χ1) is 14.9. The van der Waals surface area contributed by atoms with Gasteiger partial charge in [0.2, 0.25) is 5.91 Å². The molecule has 4 aliphatic rings. The number of benzene rings is 1. The van der Waals surface area contributed by atoms with Crippen LogP contribution in [0, 0.1) is 17.6 Å². The van der Waals surface area contributed by atoms with Crippen LogP contribution in [0.5, 0.6) is 0 Å². The van der Waals surface area contributed by atoms with Crippen molar-refractivity contribution >= 4 is 29.5 Å². The zero-order valence-corrected chi connectivity index (χ0v) is 16.3. The Hall–Kier alpha value is -3.15. The number of anilines is 2. The molecule has 4 saturated heterocycles. The van der Waals surface area contributed by atoms with Gasteiger partial charge in [0.25, 0.3) is 0 Å². The van der Waals surface area contributed by atoms with E-state index in [1.165, 1.54) is 4.90 Å². The van der Waals surface area contributed by atoms with Crippen LogP contribution in [0.25, 0.3) is 0 Å². The van der Waals surface area contributed by atoms with Crippen molar-refractivity contribution in [3.8, 4) is 0 Å². The Labute approximate surface area is 175 Å². The monoisotopic (exact) mass is 438 g/mol. The van der Waals surface area contributed by atoms with E-state index in [-0.39, 0.29) is 55.4 Å². The largest absolute Gasteiger partial charge is 0.442 e. The lowest BCUT2D eigenvalue weighted by Crippen LogP contribution is -2.45. The van der Waals surface area contributed by atoms with Gasteiger partial charge in [-0.2, -0.15) is 0 Å². The molecular weight excluding hydrogens is 418 g/mol. The molecule has 4 fully saturated rings. The lowest BCUT2D eigenvalue weighted by Gasteiger charge is -2.25. The molecule has 0 saturated carbocycles.